The van der Waals surface area contributed by atoms with Crippen LogP contribution in [0.3, 0.4) is 0 Å². The SMILES string of the molecule is CCCC(C)n1c(CC)nc2ccc(C(=O)O)cc21. The fourth-order valence-electron chi connectivity index (χ4n) is 2.56. The van der Waals surface area contributed by atoms with Crippen LogP contribution in [0.4, 0.5) is 0 Å². The monoisotopic (exact) mass is 260 g/mol. The van der Waals surface area contributed by atoms with Crippen molar-refractivity contribution in [2.24, 2.45) is 0 Å². The van der Waals surface area contributed by atoms with Crippen LogP contribution in [0.25, 0.3) is 11.0 Å². The third-order valence-corrected chi connectivity index (χ3v) is 3.47. The number of nitrogens with zero attached hydrogens (tertiary/aromatic N) is 2. The summed E-state index contributed by atoms with van der Waals surface area (Å²) in [7, 11) is 0. The summed E-state index contributed by atoms with van der Waals surface area (Å²) < 4.78 is 2.19. The summed E-state index contributed by atoms with van der Waals surface area (Å²) >= 11 is 0. The molecule has 0 saturated carbocycles. The van der Waals surface area contributed by atoms with E-state index in [-0.39, 0.29) is 0 Å². The van der Waals surface area contributed by atoms with E-state index in [2.05, 4.69) is 30.3 Å². The number of aromatic carboxylic acids is 1. The van der Waals surface area contributed by atoms with Gasteiger partial charge >= 0.3 is 5.97 Å². The van der Waals surface area contributed by atoms with Crippen molar-refractivity contribution in [3.8, 4) is 0 Å². The van der Waals surface area contributed by atoms with Gasteiger partial charge in [-0.15, -0.1) is 0 Å². The second-order valence-electron chi connectivity index (χ2n) is 4.90. The quantitative estimate of drug-likeness (QED) is 0.892. The highest BCUT2D eigenvalue weighted by Crippen LogP contribution is 2.25. The molecule has 0 saturated heterocycles. The standard InChI is InChI=1S/C15H20N2O2/c1-4-6-10(3)17-13-9-11(15(18)19)7-8-12(13)16-14(17)5-2/h7-10H,4-6H2,1-3H3,(H,18,19). The number of carboxylic acids is 1. The third kappa shape index (κ3) is 2.48. The van der Waals surface area contributed by atoms with Crippen LogP contribution < -0.4 is 0 Å². The van der Waals surface area contributed by atoms with Crippen molar-refractivity contribution in [1.82, 2.24) is 9.55 Å². The Hall–Kier alpha value is -1.84. The van der Waals surface area contributed by atoms with E-state index >= 15 is 0 Å². The van der Waals surface area contributed by atoms with Crippen molar-refractivity contribution in [3.63, 3.8) is 0 Å². The molecule has 0 spiro atoms. The second-order valence-corrected chi connectivity index (χ2v) is 4.90. The number of hydrogen-bond acceptors (Lipinski definition) is 2. The lowest BCUT2D eigenvalue weighted by atomic mass is 10.1. The van der Waals surface area contributed by atoms with Crippen LogP contribution in [0.1, 0.15) is 55.8 Å². The van der Waals surface area contributed by atoms with E-state index in [9.17, 15) is 4.79 Å². The van der Waals surface area contributed by atoms with Crippen LogP contribution in [-0.2, 0) is 6.42 Å². The molecule has 1 aromatic carbocycles. The summed E-state index contributed by atoms with van der Waals surface area (Å²) in [5.74, 6) is 0.134. The van der Waals surface area contributed by atoms with Gasteiger partial charge in [0, 0.05) is 12.5 Å². The van der Waals surface area contributed by atoms with Crippen molar-refractivity contribution < 1.29 is 9.90 Å². The Balaban J connectivity index is 2.62. The number of carbonyl (C=O) groups is 1. The molecule has 0 aliphatic carbocycles. The molecule has 1 unspecified atom stereocenters. The Morgan fingerprint density at radius 1 is 1.42 bits per heavy atom. The summed E-state index contributed by atoms with van der Waals surface area (Å²) in [6, 6.07) is 5.49. The highest BCUT2D eigenvalue weighted by atomic mass is 16.4. The minimum Gasteiger partial charge on any atom is -0.478 e. The van der Waals surface area contributed by atoms with Crippen molar-refractivity contribution in [2.45, 2.75) is 46.1 Å². The Labute approximate surface area is 113 Å². The van der Waals surface area contributed by atoms with Gasteiger partial charge in [0.15, 0.2) is 0 Å². The lowest BCUT2D eigenvalue weighted by Crippen LogP contribution is -2.09. The first-order valence-electron chi connectivity index (χ1n) is 6.82. The number of rotatable bonds is 5. The smallest absolute Gasteiger partial charge is 0.335 e. The molecule has 1 atom stereocenters. The van der Waals surface area contributed by atoms with E-state index in [1.165, 1.54) is 0 Å². The molecule has 1 N–H and O–H groups in total. The summed E-state index contributed by atoms with van der Waals surface area (Å²) in [5, 5.41) is 9.11. The summed E-state index contributed by atoms with van der Waals surface area (Å²) in [4.78, 5) is 15.7. The van der Waals surface area contributed by atoms with Gasteiger partial charge in [-0.25, -0.2) is 9.78 Å². The van der Waals surface area contributed by atoms with Crippen molar-refractivity contribution in [1.29, 1.82) is 0 Å². The topological polar surface area (TPSA) is 55.1 Å². The number of benzene rings is 1. The van der Waals surface area contributed by atoms with Crippen LogP contribution in [0.2, 0.25) is 0 Å². The number of hydrogen-bond donors (Lipinski definition) is 1. The molecule has 0 fully saturated rings. The molecule has 102 valence electrons. The molecule has 4 nitrogen and oxygen atoms in total. The van der Waals surface area contributed by atoms with Gasteiger partial charge in [0.25, 0.3) is 0 Å². The van der Waals surface area contributed by atoms with Gasteiger partial charge in [0.1, 0.15) is 5.82 Å². The van der Waals surface area contributed by atoms with Crippen LogP contribution >= 0.6 is 0 Å². The molecule has 0 radical (unpaired) electrons. The molecule has 0 bridgehead atoms. The maximum atomic E-state index is 11.1. The lowest BCUT2D eigenvalue weighted by Gasteiger charge is -2.16. The van der Waals surface area contributed by atoms with Crippen LogP contribution in [-0.4, -0.2) is 20.6 Å². The molecular weight excluding hydrogens is 240 g/mol. The van der Waals surface area contributed by atoms with Crippen LogP contribution in [0.15, 0.2) is 18.2 Å². The first-order valence-corrected chi connectivity index (χ1v) is 6.82. The zero-order valence-electron chi connectivity index (χ0n) is 11.7. The van der Waals surface area contributed by atoms with Crippen molar-refractivity contribution in [2.75, 3.05) is 0 Å². The van der Waals surface area contributed by atoms with Gasteiger partial charge in [-0.2, -0.15) is 0 Å². The Morgan fingerprint density at radius 3 is 2.74 bits per heavy atom. The predicted molar refractivity (Wildman–Crippen MR) is 75.7 cm³/mol. The molecule has 2 rings (SSSR count). The highest BCUT2D eigenvalue weighted by Gasteiger charge is 2.15. The lowest BCUT2D eigenvalue weighted by molar-refractivity contribution is 0.0697. The number of imidazole rings is 1. The minimum absolute atomic E-state index is 0.319. The van der Waals surface area contributed by atoms with Gasteiger partial charge in [-0.05, 0) is 31.5 Å². The summed E-state index contributed by atoms with van der Waals surface area (Å²) in [6.07, 6.45) is 3.02. The normalized spacial score (nSPS) is 12.8. The van der Waals surface area contributed by atoms with Gasteiger partial charge in [-0.1, -0.05) is 20.3 Å². The van der Waals surface area contributed by atoms with E-state index < -0.39 is 5.97 Å². The van der Waals surface area contributed by atoms with E-state index in [0.717, 1.165) is 36.1 Å². The Kier molecular flexibility index (Phi) is 3.88. The zero-order valence-corrected chi connectivity index (χ0v) is 11.7. The maximum Gasteiger partial charge on any atom is 0.335 e. The molecule has 0 aliphatic heterocycles. The molecule has 19 heavy (non-hydrogen) atoms. The minimum atomic E-state index is -0.893. The van der Waals surface area contributed by atoms with Crippen LogP contribution in [0, 0.1) is 0 Å². The van der Waals surface area contributed by atoms with Gasteiger partial charge in [0.2, 0.25) is 0 Å². The van der Waals surface area contributed by atoms with Crippen molar-refractivity contribution in [3.05, 3.63) is 29.6 Å². The predicted octanol–water partition coefficient (Wildman–Crippen LogP) is 3.66. The molecule has 4 heteroatoms. The van der Waals surface area contributed by atoms with Crippen molar-refractivity contribution >= 4 is 17.0 Å². The molecule has 0 amide bonds. The average Bonchev–Trinajstić information content (AvgIpc) is 2.76. The third-order valence-electron chi connectivity index (χ3n) is 3.47. The number of aryl methyl sites for hydroxylation is 1. The second kappa shape index (κ2) is 5.43. The van der Waals surface area contributed by atoms with Crippen LogP contribution in [0.5, 0.6) is 0 Å². The molecule has 1 aromatic heterocycles. The average molecular weight is 260 g/mol. The Bertz CT molecular complexity index is 601. The molecule has 1 heterocycles. The fourth-order valence-corrected chi connectivity index (χ4v) is 2.56. The molecule has 2 aromatic rings. The van der Waals surface area contributed by atoms with E-state index in [0.29, 0.717) is 11.6 Å². The van der Waals surface area contributed by atoms with Gasteiger partial charge in [-0.3, -0.25) is 0 Å². The Morgan fingerprint density at radius 2 is 2.16 bits per heavy atom. The van der Waals surface area contributed by atoms with E-state index in [1.54, 1.807) is 18.2 Å². The molecule has 0 aliphatic rings. The largest absolute Gasteiger partial charge is 0.478 e. The van der Waals surface area contributed by atoms with E-state index in [1.807, 2.05) is 0 Å². The number of carboxylic acid groups (broad SMARTS) is 1. The molecular formula is C15H20N2O2. The van der Waals surface area contributed by atoms with Gasteiger partial charge < -0.3 is 9.67 Å². The summed E-state index contributed by atoms with van der Waals surface area (Å²) in [5.41, 5.74) is 2.13. The maximum absolute atomic E-state index is 11.1. The highest BCUT2D eigenvalue weighted by molar-refractivity contribution is 5.92. The fraction of sp³-hybridized carbons (Fsp3) is 0.467. The summed E-state index contributed by atoms with van der Waals surface area (Å²) in [6.45, 7) is 6.40. The number of aromatic nitrogens is 2. The first kappa shape index (κ1) is 13.6. The first-order chi connectivity index (χ1) is 9.08. The van der Waals surface area contributed by atoms with Gasteiger partial charge in [0.05, 0.1) is 16.6 Å². The zero-order chi connectivity index (χ0) is 14.0. The van der Waals surface area contributed by atoms with E-state index in [4.69, 9.17) is 5.11 Å². The number of fused-ring (bicyclic) bond motifs is 1.